The van der Waals surface area contributed by atoms with E-state index in [4.69, 9.17) is 10.2 Å². The molecule has 0 fully saturated rings. The highest BCUT2D eigenvalue weighted by molar-refractivity contribution is 5.81. The predicted octanol–water partition coefficient (Wildman–Crippen LogP) is 3.92. The maximum atomic E-state index is 5.82. The lowest BCUT2D eigenvalue weighted by Crippen LogP contribution is -2.04. The first-order chi connectivity index (χ1) is 11.7. The first-order valence-corrected chi connectivity index (χ1v) is 7.51. The summed E-state index contributed by atoms with van der Waals surface area (Å²) < 4.78 is 5.79. The number of furan rings is 1. The van der Waals surface area contributed by atoms with E-state index in [9.17, 15) is 0 Å². The Balaban J connectivity index is 1.71. The van der Waals surface area contributed by atoms with Gasteiger partial charge in [0.2, 0.25) is 17.7 Å². The van der Waals surface area contributed by atoms with Crippen LogP contribution in [0.25, 0.3) is 22.6 Å². The number of hydrogen-bond donors (Lipinski definition) is 2. The Bertz CT molecular complexity index is 975. The molecule has 24 heavy (non-hydrogen) atoms. The van der Waals surface area contributed by atoms with Crippen LogP contribution in [-0.4, -0.2) is 15.0 Å². The fourth-order valence-corrected chi connectivity index (χ4v) is 2.42. The zero-order chi connectivity index (χ0) is 16.5. The molecule has 0 radical (unpaired) electrons. The highest BCUT2D eigenvalue weighted by Crippen LogP contribution is 2.26. The molecule has 6 heteroatoms. The molecule has 0 atom stereocenters. The maximum absolute atomic E-state index is 5.82. The number of aryl methyl sites for hydroxylation is 1. The summed E-state index contributed by atoms with van der Waals surface area (Å²) in [5.41, 5.74) is 8.66. The van der Waals surface area contributed by atoms with Gasteiger partial charge in [0, 0.05) is 11.1 Å². The number of fused-ring (bicyclic) bond motifs is 1. The molecule has 118 valence electrons. The van der Waals surface area contributed by atoms with Crippen LogP contribution >= 0.6 is 0 Å². The molecule has 0 amide bonds. The third kappa shape index (κ3) is 2.77. The Labute approximate surface area is 138 Å². The van der Waals surface area contributed by atoms with Crippen molar-refractivity contribution in [2.45, 2.75) is 6.92 Å². The second-order valence-electron chi connectivity index (χ2n) is 5.48. The Hall–Kier alpha value is -3.41. The van der Waals surface area contributed by atoms with Crippen LogP contribution in [-0.2, 0) is 0 Å². The molecule has 4 aromatic rings. The topological polar surface area (TPSA) is 89.9 Å². The molecule has 0 spiro atoms. The van der Waals surface area contributed by atoms with E-state index in [1.165, 1.54) is 5.56 Å². The number of rotatable bonds is 3. The molecular weight excluding hydrogens is 302 g/mol. The van der Waals surface area contributed by atoms with Crippen LogP contribution in [0.5, 0.6) is 0 Å². The van der Waals surface area contributed by atoms with Crippen molar-refractivity contribution in [3.05, 3.63) is 60.2 Å². The van der Waals surface area contributed by atoms with Gasteiger partial charge in [-0.3, -0.25) is 0 Å². The fraction of sp³-hybridized carbons (Fsp3) is 0.0556. The lowest BCUT2D eigenvalue weighted by atomic mass is 10.2. The van der Waals surface area contributed by atoms with Crippen molar-refractivity contribution in [1.29, 1.82) is 0 Å². The number of para-hydroxylation sites is 1. The number of anilines is 3. The van der Waals surface area contributed by atoms with Crippen LogP contribution < -0.4 is 11.1 Å². The molecule has 4 rings (SSSR count). The van der Waals surface area contributed by atoms with Crippen molar-refractivity contribution in [3.63, 3.8) is 0 Å². The van der Waals surface area contributed by atoms with E-state index in [0.717, 1.165) is 16.7 Å². The van der Waals surface area contributed by atoms with Crippen LogP contribution in [0.15, 0.2) is 59.0 Å². The van der Waals surface area contributed by atoms with Gasteiger partial charge in [-0.1, -0.05) is 35.9 Å². The minimum Gasteiger partial charge on any atom is -0.453 e. The van der Waals surface area contributed by atoms with Crippen molar-refractivity contribution in [1.82, 2.24) is 15.0 Å². The van der Waals surface area contributed by atoms with Crippen LogP contribution in [0.4, 0.5) is 17.6 Å². The van der Waals surface area contributed by atoms with Crippen molar-refractivity contribution in [3.8, 4) is 11.6 Å². The van der Waals surface area contributed by atoms with E-state index in [0.29, 0.717) is 17.5 Å². The third-order valence-corrected chi connectivity index (χ3v) is 3.61. The van der Waals surface area contributed by atoms with Crippen molar-refractivity contribution in [2.75, 3.05) is 11.1 Å². The number of hydrogen-bond acceptors (Lipinski definition) is 6. The molecule has 2 heterocycles. The average Bonchev–Trinajstić information content (AvgIpc) is 3.01. The number of aromatic nitrogens is 3. The summed E-state index contributed by atoms with van der Waals surface area (Å²) in [4.78, 5) is 12.7. The molecule has 2 aromatic heterocycles. The molecule has 0 unspecified atom stereocenters. The molecule has 3 N–H and O–H groups in total. The van der Waals surface area contributed by atoms with Crippen LogP contribution in [0.1, 0.15) is 5.56 Å². The van der Waals surface area contributed by atoms with Gasteiger partial charge < -0.3 is 15.5 Å². The summed E-state index contributed by atoms with van der Waals surface area (Å²) >= 11 is 0. The highest BCUT2D eigenvalue weighted by atomic mass is 16.3. The van der Waals surface area contributed by atoms with Crippen molar-refractivity contribution in [2.24, 2.45) is 0 Å². The second kappa shape index (κ2) is 5.66. The number of benzene rings is 2. The van der Waals surface area contributed by atoms with Gasteiger partial charge in [0.25, 0.3) is 0 Å². The van der Waals surface area contributed by atoms with Gasteiger partial charge in [0.15, 0.2) is 5.76 Å². The maximum Gasteiger partial charge on any atom is 0.232 e. The van der Waals surface area contributed by atoms with Crippen LogP contribution in [0.2, 0.25) is 0 Å². The summed E-state index contributed by atoms with van der Waals surface area (Å²) in [6.45, 7) is 2.03. The van der Waals surface area contributed by atoms with Gasteiger partial charge in [0.1, 0.15) is 5.58 Å². The molecule has 0 aliphatic rings. The lowest BCUT2D eigenvalue weighted by molar-refractivity contribution is 0.625. The van der Waals surface area contributed by atoms with Crippen LogP contribution in [0.3, 0.4) is 0 Å². The highest BCUT2D eigenvalue weighted by Gasteiger charge is 2.12. The number of nitrogens with one attached hydrogen (secondary N) is 1. The van der Waals surface area contributed by atoms with E-state index in [1.54, 1.807) is 0 Å². The summed E-state index contributed by atoms with van der Waals surface area (Å²) in [6, 6.07) is 17.6. The Morgan fingerprint density at radius 3 is 2.54 bits per heavy atom. The average molecular weight is 317 g/mol. The Morgan fingerprint density at radius 2 is 1.75 bits per heavy atom. The van der Waals surface area contributed by atoms with Crippen LogP contribution in [0, 0.1) is 6.92 Å². The SMILES string of the molecule is Cc1ccc(Nc2nc(N)nc(-c3cc4ccccc4o3)n2)cc1. The van der Waals surface area contributed by atoms with E-state index >= 15 is 0 Å². The molecule has 0 saturated carbocycles. The number of nitrogen functional groups attached to an aromatic ring is 1. The standard InChI is InChI=1S/C18H15N5O/c1-11-6-8-13(9-7-11)20-18-22-16(21-17(19)23-18)15-10-12-4-2-3-5-14(12)24-15/h2-10H,1H3,(H3,19,20,21,22,23). The predicted molar refractivity (Wildman–Crippen MR) is 93.9 cm³/mol. The quantitative estimate of drug-likeness (QED) is 0.595. The zero-order valence-electron chi connectivity index (χ0n) is 13.0. The summed E-state index contributed by atoms with van der Waals surface area (Å²) in [5, 5.41) is 4.12. The molecule has 0 aliphatic heterocycles. The minimum absolute atomic E-state index is 0.134. The molecule has 0 aliphatic carbocycles. The first-order valence-electron chi connectivity index (χ1n) is 7.51. The summed E-state index contributed by atoms with van der Waals surface area (Å²) in [5.74, 6) is 1.46. The number of nitrogens with two attached hydrogens (primary N) is 1. The van der Waals surface area contributed by atoms with E-state index in [-0.39, 0.29) is 5.95 Å². The zero-order valence-corrected chi connectivity index (χ0v) is 13.0. The second-order valence-corrected chi connectivity index (χ2v) is 5.48. The third-order valence-electron chi connectivity index (χ3n) is 3.61. The number of nitrogens with zero attached hydrogens (tertiary/aromatic N) is 3. The largest absolute Gasteiger partial charge is 0.453 e. The molecule has 0 saturated heterocycles. The first kappa shape index (κ1) is 14.2. The van der Waals surface area contributed by atoms with Crippen molar-refractivity contribution >= 4 is 28.6 Å². The van der Waals surface area contributed by atoms with Gasteiger partial charge in [0.05, 0.1) is 0 Å². The smallest absolute Gasteiger partial charge is 0.232 e. The molecule has 2 aromatic carbocycles. The Morgan fingerprint density at radius 1 is 0.958 bits per heavy atom. The monoisotopic (exact) mass is 317 g/mol. The van der Waals surface area contributed by atoms with Gasteiger partial charge in [-0.05, 0) is 31.2 Å². The van der Waals surface area contributed by atoms with Crippen molar-refractivity contribution < 1.29 is 4.42 Å². The van der Waals surface area contributed by atoms with Gasteiger partial charge in [-0.15, -0.1) is 0 Å². The molecule has 6 nitrogen and oxygen atoms in total. The summed E-state index contributed by atoms with van der Waals surface area (Å²) in [6.07, 6.45) is 0. The van der Waals surface area contributed by atoms with E-state index < -0.39 is 0 Å². The molecule has 0 bridgehead atoms. The fourth-order valence-electron chi connectivity index (χ4n) is 2.42. The lowest BCUT2D eigenvalue weighted by Gasteiger charge is -2.06. The summed E-state index contributed by atoms with van der Waals surface area (Å²) in [7, 11) is 0. The van der Waals surface area contributed by atoms with Gasteiger partial charge in [-0.2, -0.15) is 15.0 Å². The normalized spacial score (nSPS) is 10.9. The van der Waals surface area contributed by atoms with Gasteiger partial charge >= 0.3 is 0 Å². The molecular formula is C18H15N5O. The van der Waals surface area contributed by atoms with Gasteiger partial charge in [-0.25, -0.2) is 0 Å². The van der Waals surface area contributed by atoms with E-state index in [2.05, 4.69) is 20.3 Å². The minimum atomic E-state index is 0.134. The Kier molecular flexibility index (Phi) is 3.35. The van der Waals surface area contributed by atoms with E-state index in [1.807, 2.05) is 61.5 Å².